The second-order valence-corrected chi connectivity index (χ2v) is 7.55. The van der Waals surface area contributed by atoms with Crippen molar-refractivity contribution in [2.75, 3.05) is 4.90 Å². The molecule has 0 aliphatic carbocycles. The van der Waals surface area contributed by atoms with E-state index in [0.29, 0.717) is 5.13 Å². The molecule has 1 aliphatic heterocycles. The maximum absolute atomic E-state index is 13.0. The molecule has 5 nitrogen and oxygen atoms in total. The van der Waals surface area contributed by atoms with Crippen LogP contribution in [0.25, 0.3) is 6.08 Å². The average Bonchev–Trinajstić information content (AvgIpc) is 3.35. The van der Waals surface area contributed by atoms with Gasteiger partial charge in [-0.15, -0.1) is 11.3 Å². The van der Waals surface area contributed by atoms with Gasteiger partial charge < -0.3 is 5.11 Å². The van der Waals surface area contributed by atoms with E-state index >= 15 is 0 Å². The topological polar surface area (TPSA) is 70.5 Å². The Labute approximate surface area is 172 Å². The van der Waals surface area contributed by atoms with Gasteiger partial charge >= 0.3 is 0 Å². The van der Waals surface area contributed by atoms with E-state index in [9.17, 15) is 14.7 Å². The van der Waals surface area contributed by atoms with E-state index in [4.69, 9.17) is 0 Å². The summed E-state index contributed by atoms with van der Waals surface area (Å²) in [5, 5.41) is 12.8. The third kappa shape index (κ3) is 3.62. The number of aliphatic hydroxyl groups is 1. The Kier molecular flexibility index (Phi) is 5.10. The Balaban J connectivity index is 1.77. The lowest BCUT2D eigenvalue weighted by Crippen LogP contribution is -2.30. The van der Waals surface area contributed by atoms with Crippen LogP contribution in [0.1, 0.15) is 22.7 Å². The minimum atomic E-state index is -0.734. The van der Waals surface area contributed by atoms with Gasteiger partial charge in [-0.3, -0.25) is 14.5 Å². The molecule has 0 saturated carbocycles. The van der Waals surface area contributed by atoms with Gasteiger partial charge in [-0.05, 0) is 24.1 Å². The lowest BCUT2D eigenvalue weighted by molar-refractivity contribution is -0.117. The molecule has 0 radical (unpaired) electrons. The first-order valence-corrected chi connectivity index (χ1v) is 9.94. The molecular formula is C23H18N2O3S. The molecule has 1 unspecified atom stereocenters. The van der Waals surface area contributed by atoms with E-state index in [1.165, 1.54) is 22.3 Å². The fourth-order valence-corrected chi connectivity index (χ4v) is 3.95. The van der Waals surface area contributed by atoms with Crippen LogP contribution < -0.4 is 4.90 Å². The predicted molar refractivity (Wildman–Crippen MR) is 114 cm³/mol. The van der Waals surface area contributed by atoms with Gasteiger partial charge in [0.15, 0.2) is 16.7 Å². The number of hydrogen-bond donors (Lipinski definition) is 1. The molecule has 2 aromatic carbocycles. The first-order valence-electron chi connectivity index (χ1n) is 9.06. The van der Waals surface area contributed by atoms with Crippen molar-refractivity contribution in [2.45, 2.75) is 13.0 Å². The average molecular weight is 402 g/mol. The van der Waals surface area contributed by atoms with Gasteiger partial charge in [0.05, 0.1) is 11.6 Å². The van der Waals surface area contributed by atoms with Gasteiger partial charge in [-0.1, -0.05) is 66.2 Å². The van der Waals surface area contributed by atoms with Gasteiger partial charge in [0.25, 0.3) is 5.91 Å². The first-order chi connectivity index (χ1) is 14.1. The van der Waals surface area contributed by atoms with Crippen LogP contribution in [0.3, 0.4) is 0 Å². The van der Waals surface area contributed by atoms with E-state index in [-0.39, 0.29) is 5.57 Å². The number of amides is 1. The molecule has 4 rings (SSSR count). The summed E-state index contributed by atoms with van der Waals surface area (Å²) in [6.07, 6.45) is 4.65. The molecule has 0 bridgehead atoms. The largest absolute Gasteiger partial charge is 0.503 e. The zero-order valence-electron chi connectivity index (χ0n) is 15.6. The highest BCUT2D eigenvalue weighted by molar-refractivity contribution is 7.13. The van der Waals surface area contributed by atoms with E-state index in [0.717, 1.165) is 16.7 Å². The van der Waals surface area contributed by atoms with E-state index in [2.05, 4.69) is 4.98 Å². The van der Waals surface area contributed by atoms with Crippen molar-refractivity contribution in [2.24, 2.45) is 0 Å². The summed E-state index contributed by atoms with van der Waals surface area (Å²) < 4.78 is 0. The molecule has 1 amide bonds. The van der Waals surface area contributed by atoms with Crippen LogP contribution in [0.15, 0.2) is 83.6 Å². The molecule has 6 heteroatoms. The highest BCUT2D eigenvalue weighted by Crippen LogP contribution is 2.41. The Hall–Kier alpha value is -3.51. The third-order valence-corrected chi connectivity index (χ3v) is 5.49. The summed E-state index contributed by atoms with van der Waals surface area (Å²) in [5.41, 5.74) is 2.71. The number of ketones is 1. The van der Waals surface area contributed by atoms with Crippen molar-refractivity contribution in [3.05, 3.63) is 100 Å². The molecule has 0 saturated heterocycles. The Morgan fingerprint density at radius 1 is 1.14 bits per heavy atom. The number of aliphatic hydroxyl groups excluding tert-OH is 1. The summed E-state index contributed by atoms with van der Waals surface area (Å²) in [5.74, 6) is -1.57. The lowest BCUT2D eigenvalue weighted by atomic mass is 9.95. The monoisotopic (exact) mass is 402 g/mol. The molecule has 0 fully saturated rings. The molecule has 29 heavy (non-hydrogen) atoms. The molecule has 1 aromatic heterocycles. The third-order valence-electron chi connectivity index (χ3n) is 4.72. The van der Waals surface area contributed by atoms with Crippen LogP contribution in [-0.4, -0.2) is 21.8 Å². The minimum absolute atomic E-state index is 0.0567. The summed E-state index contributed by atoms with van der Waals surface area (Å²) in [4.78, 5) is 31.5. The summed E-state index contributed by atoms with van der Waals surface area (Å²) in [7, 11) is 0. The SMILES string of the molecule is Cc1ccc(C2C(C(=O)/C=C/c3ccccc3)=C(O)C(=O)N2c2nccs2)cc1. The lowest BCUT2D eigenvalue weighted by Gasteiger charge is -2.24. The number of anilines is 1. The zero-order chi connectivity index (χ0) is 20.4. The van der Waals surface area contributed by atoms with E-state index in [1.54, 1.807) is 17.7 Å². The number of allylic oxidation sites excluding steroid dienone is 1. The van der Waals surface area contributed by atoms with Crippen LogP contribution in [0, 0.1) is 6.92 Å². The Morgan fingerprint density at radius 3 is 2.52 bits per heavy atom. The van der Waals surface area contributed by atoms with Crippen molar-refractivity contribution in [1.29, 1.82) is 0 Å². The normalized spacial score (nSPS) is 16.8. The number of carbonyl (C=O) groups is 2. The number of rotatable bonds is 5. The maximum atomic E-state index is 13.0. The number of thiazole rings is 1. The number of aryl methyl sites for hydroxylation is 1. The number of aromatic nitrogens is 1. The van der Waals surface area contributed by atoms with Crippen LogP contribution in [0.5, 0.6) is 0 Å². The van der Waals surface area contributed by atoms with Gasteiger partial charge in [-0.2, -0.15) is 0 Å². The van der Waals surface area contributed by atoms with Gasteiger partial charge in [0.2, 0.25) is 0 Å². The second kappa shape index (κ2) is 7.85. The Morgan fingerprint density at radius 2 is 1.86 bits per heavy atom. The molecule has 144 valence electrons. The maximum Gasteiger partial charge on any atom is 0.296 e. The highest BCUT2D eigenvalue weighted by Gasteiger charge is 2.44. The van der Waals surface area contributed by atoms with Crippen LogP contribution in [0.4, 0.5) is 5.13 Å². The second-order valence-electron chi connectivity index (χ2n) is 6.67. The number of carbonyl (C=O) groups excluding carboxylic acids is 2. The summed E-state index contributed by atoms with van der Waals surface area (Å²) >= 11 is 1.28. The number of benzene rings is 2. The molecule has 0 spiro atoms. The molecule has 2 heterocycles. The van der Waals surface area contributed by atoms with Crippen molar-refractivity contribution >= 4 is 34.2 Å². The zero-order valence-corrected chi connectivity index (χ0v) is 16.5. The molecule has 1 N–H and O–H groups in total. The van der Waals surface area contributed by atoms with Gasteiger partial charge in [0, 0.05) is 11.6 Å². The van der Waals surface area contributed by atoms with Crippen LogP contribution >= 0.6 is 11.3 Å². The molecule has 1 atom stereocenters. The van der Waals surface area contributed by atoms with Crippen LogP contribution in [0.2, 0.25) is 0 Å². The van der Waals surface area contributed by atoms with Crippen molar-refractivity contribution in [3.63, 3.8) is 0 Å². The van der Waals surface area contributed by atoms with Gasteiger partial charge in [0.1, 0.15) is 0 Å². The van der Waals surface area contributed by atoms with Gasteiger partial charge in [-0.25, -0.2) is 4.98 Å². The first kappa shape index (κ1) is 18.8. The fourth-order valence-electron chi connectivity index (χ4n) is 3.28. The van der Waals surface area contributed by atoms with Crippen LogP contribution in [-0.2, 0) is 9.59 Å². The number of nitrogens with zero attached hydrogens (tertiary/aromatic N) is 2. The standard InChI is InChI=1S/C23H18N2O3S/c1-15-7-10-17(11-8-15)20-19(18(26)12-9-16-5-3-2-4-6-16)21(27)22(28)25(20)23-24-13-14-29-23/h2-14,20,27H,1H3/b12-9+. The smallest absolute Gasteiger partial charge is 0.296 e. The molecule has 3 aromatic rings. The summed E-state index contributed by atoms with van der Waals surface area (Å²) in [6, 6.07) is 16.2. The van der Waals surface area contributed by atoms with Crippen molar-refractivity contribution in [1.82, 2.24) is 4.98 Å². The van der Waals surface area contributed by atoms with Crippen molar-refractivity contribution in [3.8, 4) is 0 Å². The fraction of sp³-hybridized carbons (Fsp3) is 0.0870. The number of hydrogen-bond acceptors (Lipinski definition) is 5. The quantitative estimate of drug-likeness (QED) is 0.632. The molecule has 1 aliphatic rings. The molecular weight excluding hydrogens is 384 g/mol. The Bertz CT molecular complexity index is 1100. The van der Waals surface area contributed by atoms with E-state index < -0.39 is 23.5 Å². The van der Waals surface area contributed by atoms with Crippen molar-refractivity contribution < 1.29 is 14.7 Å². The summed E-state index contributed by atoms with van der Waals surface area (Å²) in [6.45, 7) is 1.96. The van der Waals surface area contributed by atoms with E-state index in [1.807, 2.05) is 61.5 Å². The predicted octanol–water partition coefficient (Wildman–Crippen LogP) is 4.63. The highest BCUT2D eigenvalue weighted by atomic mass is 32.1. The minimum Gasteiger partial charge on any atom is -0.503 e.